The Bertz CT molecular complexity index is 1400. The lowest BCUT2D eigenvalue weighted by Gasteiger charge is -2.36. The maximum Gasteiger partial charge on any atom is 0.223 e. The molecule has 1 fully saturated rings. The third kappa shape index (κ3) is 3.99. The zero-order valence-electron chi connectivity index (χ0n) is 18.7. The van der Waals surface area contributed by atoms with E-state index in [2.05, 4.69) is 79.5 Å². The highest BCUT2D eigenvalue weighted by Gasteiger charge is 2.18. The van der Waals surface area contributed by atoms with Gasteiger partial charge in [0.15, 0.2) is 11.4 Å². The van der Waals surface area contributed by atoms with E-state index in [9.17, 15) is 0 Å². The summed E-state index contributed by atoms with van der Waals surface area (Å²) in [6.07, 6.45) is 1.60. The van der Waals surface area contributed by atoms with E-state index < -0.39 is 0 Å². The molecule has 2 N–H and O–H groups in total. The maximum absolute atomic E-state index is 6.22. The lowest BCUT2D eigenvalue weighted by atomic mass is 10.1. The highest BCUT2D eigenvalue weighted by Crippen LogP contribution is 2.27. The minimum atomic E-state index is 0.290. The third-order valence-electron chi connectivity index (χ3n) is 6.22. The Hall–Kier alpha value is -4.17. The zero-order valence-corrected chi connectivity index (χ0v) is 18.7. The number of nitrogens with two attached hydrogens (primary N) is 1. The molecule has 0 aliphatic carbocycles. The van der Waals surface area contributed by atoms with Crippen LogP contribution in [0.3, 0.4) is 0 Å². The first-order chi connectivity index (χ1) is 16.7. The smallest absolute Gasteiger partial charge is 0.223 e. The van der Waals surface area contributed by atoms with Crippen molar-refractivity contribution in [3.8, 4) is 22.8 Å². The molecule has 8 nitrogen and oxygen atoms in total. The normalized spacial score (nSPS) is 14.6. The van der Waals surface area contributed by atoms with E-state index in [1.807, 2.05) is 12.1 Å². The molecule has 170 valence electrons. The molecule has 5 aromatic rings. The first-order valence-electron chi connectivity index (χ1n) is 11.4. The molecule has 6 rings (SSSR count). The monoisotopic (exact) mass is 451 g/mol. The summed E-state index contributed by atoms with van der Waals surface area (Å²) in [5, 5.41) is 4.43. The van der Waals surface area contributed by atoms with Crippen LogP contribution in [0, 0.1) is 0 Å². The molecular formula is C26H25N7O. The summed E-state index contributed by atoms with van der Waals surface area (Å²) in [6.45, 7) is 5.04. The number of aromatic nitrogens is 4. The first-order valence-corrected chi connectivity index (χ1v) is 11.4. The molecule has 0 bridgehead atoms. The molecule has 1 aliphatic rings. The minimum Gasteiger partial charge on any atom is -0.461 e. The second-order valence-corrected chi connectivity index (χ2v) is 8.48. The Morgan fingerprint density at radius 2 is 1.71 bits per heavy atom. The van der Waals surface area contributed by atoms with Gasteiger partial charge in [-0.15, -0.1) is 5.10 Å². The van der Waals surface area contributed by atoms with E-state index in [1.165, 1.54) is 15.8 Å². The summed E-state index contributed by atoms with van der Waals surface area (Å²) in [5.74, 6) is 1.37. The largest absolute Gasteiger partial charge is 0.461 e. The molecule has 0 unspecified atom stereocenters. The summed E-state index contributed by atoms with van der Waals surface area (Å²) in [6, 6.07) is 24.7. The Kier molecular flexibility index (Phi) is 5.20. The first kappa shape index (κ1) is 20.4. The van der Waals surface area contributed by atoms with Crippen molar-refractivity contribution in [3.63, 3.8) is 0 Å². The summed E-state index contributed by atoms with van der Waals surface area (Å²) in [4.78, 5) is 14.1. The molecule has 0 atom stereocenters. The van der Waals surface area contributed by atoms with E-state index in [4.69, 9.17) is 10.2 Å². The van der Waals surface area contributed by atoms with E-state index in [-0.39, 0.29) is 5.95 Å². The summed E-state index contributed by atoms with van der Waals surface area (Å²) >= 11 is 0. The van der Waals surface area contributed by atoms with Crippen LogP contribution in [0.15, 0.2) is 83.5 Å². The molecule has 0 amide bonds. The third-order valence-corrected chi connectivity index (χ3v) is 6.22. The molecule has 4 heterocycles. The van der Waals surface area contributed by atoms with Gasteiger partial charge >= 0.3 is 0 Å². The van der Waals surface area contributed by atoms with Crippen LogP contribution in [0.2, 0.25) is 0 Å². The number of hydrogen-bond donors (Lipinski definition) is 1. The van der Waals surface area contributed by atoms with E-state index in [1.54, 1.807) is 12.3 Å². The van der Waals surface area contributed by atoms with Crippen LogP contribution >= 0.6 is 0 Å². The standard InChI is InChI=1S/C26H25N7O/c27-26-28-22(17-24-29-25(30-33(24)26)23-10-5-15-34-23)20-8-4-9-21(16-20)32-13-11-31(12-14-32)18-19-6-2-1-3-7-19/h1-10,15-17H,11-14,18H2,(H2,27,28). The van der Waals surface area contributed by atoms with Gasteiger partial charge in [0.05, 0.1) is 12.0 Å². The predicted molar refractivity (Wildman–Crippen MR) is 132 cm³/mol. The number of rotatable bonds is 5. The van der Waals surface area contributed by atoms with Crippen molar-refractivity contribution in [3.05, 3.63) is 84.6 Å². The van der Waals surface area contributed by atoms with Crippen LogP contribution in [0.25, 0.3) is 28.5 Å². The lowest BCUT2D eigenvalue weighted by Crippen LogP contribution is -2.45. The van der Waals surface area contributed by atoms with Crippen LogP contribution in [0.1, 0.15) is 5.56 Å². The van der Waals surface area contributed by atoms with E-state index in [0.717, 1.165) is 44.0 Å². The molecule has 1 saturated heterocycles. The Labute approximate surface area is 197 Å². The van der Waals surface area contributed by atoms with Gasteiger partial charge < -0.3 is 15.1 Å². The van der Waals surface area contributed by atoms with Crippen molar-refractivity contribution in [1.29, 1.82) is 0 Å². The Morgan fingerprint density at radius 3 is 2.50 bits per heavy atom. The van der Waals surface area contributed by atoms with Gasteiger partial charge in [0, 0.05) is 50.0 Å². The summed E-state index contributed by atoms with van der Waals surface area (Å²) in [7, 11) is 0. The van der Waals surface area contributed by atoms with Gasteiger partial charge in [-0.2, -0.15) is 4.52 Å². The minimum absolute atomic E-state index is 0.290. The van der Waals surface area contributed by atoms with Crippen LogP contribution in [-0.2, 0) is 6.54 Å². The van der Waals surface area contributed by atoms with Crippen molar-refractivity contribution in [2.45, 2.75) is 6.54 Å². The van der Waals surface area contributed by atoms with Gasteiger partial charge in [-0.05, 0) is 29.8 Å². The number of benzene rings is 2. The number of hydrogen-bond acceptors (Lipinski definition) is 7. The number of nitrogen functional groups attached to an aromatic ring is 1. The van der Waals surface area contributed by atoms with Gasteiger partial charge in [-0.25, -0.2) is 9.97 Å². The molecule has 3 aromatic heterocycles. The van der Waals surface area contributed by atoms with Gasteiger partial charge in [-0.1, -0.05) is 42.5 Å². The Balaban J connectivity index is 1.21. The van der Waals surface area contributed by atoms with Crippen molar-refractivity contribution in [2.24, 2.45) is 0 Å². The molecular weight excluding hydrogens is 426 g/mol. The quantitative estimate of drug-likeness (QED) is 0.433. The molecule has 0 saturated carbocycles. The van der Waals surface area contributed by atoms with Gasteiger partial charge in [0.25, 0.3) is 0 Å². The fourth-order valence-corrected chi connectivity index (χ4v) is 4.44. The number of furan rings is 1. The average Bonchev–Trinajstić information content (AvgIpc) is 3.56. The highest BCUT2D eigenvalue weighted by atomic mass is 16.3. The fraction of sp³-hybridized carbons (Fsp3) is 0.192. The average molecular weight is 452 g/mol. The molecule has 34 heavy (non-hydrogen) atoms. The van der Waals surface area contributed by atoms with Crippen molar-refractivity contribution in [1.82, 2.24) is 24.5 Å². The topological polar surface area (TPSA) is 88.7 Å². The SMILES string of the molecule is Nc1nc(-c2cccc(N3CCN(Cc4ccccc4)CC3)c2)cc2nc(-c3ccco3)nn12. The maximum atomic E-state index is 6.22. The Morgan fingerprint density at radius 1 is 0.853 bits per heavy atom. The zero-order chi connectivity index (χ0) is 22.9. The van der Waals surface area contributed by atoms with Gasteiger partial charge in [0.1, 0.15) is 0 Å². The van der Waals surface area contributed by atoms with Crippen LogP contribution < -0.4 is 10.6 Å². The molecule has 2 aromatic carbocycles. The fourth-order valence-electron chi connectivity index (χ4n) is 4.44. The number of anilines is 2. The van der Waals surface area contributed by atoms with Gasteiger partial charge in [-0.3, -0.25) is 4.90 Å². The van der Waals surface area contributed by atoms with E-state index >= 15 is 0 Å². The molecule has 8 heteroatoms. The van der Waals surface area contributed by atoms with Crippen LogP contribution in [0.5, 0.6) is 0 Å². The molecule has 0 radical (unpaired) electrons. The van der Waals surface area contributed by atoms with Crippen LogP contribution in [0.4, 0.5) is 11.6 Å². The number of piperazine rings is 1. The van der Waals surface area contributed by atoms with Gasteiger partial charge in [0.2, 0.25) is 11.8 Å². The number of nitrogens with zero attached hydrogens (tertiary/aromatic N) is 6. The summed E-state index contributed by atoms with van der Waals surface area (Å²) < 4.78 is 6.96. The van der Waals surface area contributed by atoms with Crippen LogP contribution in [-0.4, -0.2) is 50.7 Å². The van der Waals surface area contributed by atoms with E-state index in [0.29, 0.717) is 17.2 Å². The molecule has 1 aliphatic heterocycles. The highest BCUT2D eigenvalue weighted by molar-refractivity contribution is 5.70. The summed E-state index contributed by atoms with van der Waals surface area (Å²) in [5.41, 5.74) is 11.2. The molecule has 0 spiro atoms. The lowest BCUT2D eigenvalue weighted by molar-refractivity contribution is 0.250. The predicted octanol–water partition coefficient (Wildman–Crippen LogP) is 3.96. The second-order valence-electron chi connectivity index (χ2n) is 8.48. The number of fused-ring (bicyclic) bond motifs is 1. The second kappa shape index (κ2) is 8.64. The van der Waals surface area contributed by atoms with Crippen molar-refractivity contribution >= 4 is 17.3 Å². The van der Waals surface area contributed by atoms with Crippen molar-refractivity contribution < 1.29 is 4.42 Å². The van der Waals surface area contributed by atoms with Crippen molar-refractivity contribution in [2.75, 3.05) is 36.8 Å².